The molecule has 2 N–H and O–H groups in total. The largest absolute Gasteiger partial charge is 0.416 e. The van der Waals surface area contributed by atoms with Crippen LogP contribution in [-0.4, -0.2) is 60.3 Å². The fourth-order valence-electron chi connectivity index (χ4n) is 7.68. The van der Waals surface area contributed by atoms with E-state index < -0.39 is 23.3 Å². The average molecular weight is 609 g/mol. The summed E-state index contributed by atoms with van der Waals surface area (Å²) in [6.45, 7) is 9.67. The van der Waals surface area contributed by atoms with Gasteiger partial charge in [0.05, 0.1) is 12.1 Å². The maximum Gasteiger partial charge on any atom is 0.416 e. The Labute approximate surface area is 256 Å². The highest BCUT2D eigenvalue weighted by Gasteiger charge is 2.59. The summed E-state index contributed by atoms with van der Waals surface area (Å²) in [6, 6.07) is 10.4. The molecule has 2 amide bonds. The van der Waals surface area contributed by atoms with Gasteiger partial charge in [-0.2, -0.15) is 18.3 Å². The van der Waals surface area contributed by atoms with Gasteiger partial charge in [-0.15, -0.1) is 0 Å². The minimum Gasteiger partial charge on any atom is -0.340 e. The summed E-state index contributed by atoms with van der Waals surface area (Å²) in [5.74, 6) is 0.167. The Morgan fingerprint density at radius 1 is 1.25 bits per heavy atom. The van der Waals surface area contributed by atoms with Crippen molar-refractivity contribution in [2.24, 2.45) is 16.9 Å². The summed E-state index contributed by atoms with van der Waals surface area (Å²) in [4.78, 5) is 30.9. The van der Waals surface area contributed by atoms with Crippen molar-refractivity contribution in [1.82, 2.24) is 20.5 Å². The maximum absolute atomic E-state index is 14.3. The predicted octanol–water partition coefficient (Wildman–Crippen LogP) is 4.85. The van der Waals surface area contributed by atoms with Crippen molar-refractivity contribution >= 4 is 23.8 Å². The molecule has 6 rings (SSSR count). The normalized spacial score (nSPS) is 27.9. The van der Waals surface area contributed by atoms with Crippen LogP contribution in [0.3, 0.4) is 0 Å². The lowest BCUT2D eigenvalue weighted by Crippen LogP contribution is -2.67. The molecule has 2 aromatic rings. The number of benzene rings is 2. The zero-order valence-electron chi connectivity index (χ0n) is 25.4. The molecule has 44 heavy (non-hydrogen) atoms. The molecule has 1 saturated heterocycles. The average Bonchev–Trinajstić information content (AvgIpc) is 3.68. The molecule has 8 nitrogen and oxygen atoms in total. The summed E-state index contributed by atoms with van der Waals surface area (Å²) in [6.07, 6.45) is 1.11. The molecule has 2 aromatic carbocycles. The van der Waals surface area contributed by atoms with Crippen LogP contribution in [0.1, 0.15) is 65.7 Å². The second kappa shape index (κ2) is 10.9. The number of likely N-dealkylation sites (N-methyl/N-ethyl adjacent to an activating group) is 1. The third-order valence-electron chi connectivity index (χ3n) is 10.2. The third kappa shape index (κ3) is 4.95. The van der Waals surface area contributed by atoms with Gasteiger partial charge < -0.3 is 20.0 Å². The van der Waals surface area contributed by atoms with Crippen molar-refractivity contribution in [3.8, 4) is 0 Å². The van der Waals surface area contributed by atoms with E-state index in [-0.39, 0.29) is 41.5 Å². The van der Waals surface area contributed by atoms with Crippen molar-refractivity contribution in [2.45, 2.75) is 63.5 Å². The Morgan fingerprint density at radius 2 is 2.02 bits per heavy atom. The number of hydrogen-bond acceptors (Lipinski definition) is 6. The summed E-state index contributed by atoms with van der Waals surface area (Å²) in [5, 5.41) is 7.56. The van der Waals surface area contributed by atoms with Gasteiger partial charge in [0.25, 0.3) is 5.91 Å². The molecule has 0 aromatic heterocycles. The van der Waals surface area contributed by atoms with Crippen molar-refractivity contribution in [3.05, 3.63) is 76.9 Å². The van der Waals surface area contributed by atoms with Gasteiger partial charge in [-0.05, 0) is 85.1 Å². The molecule has 3 heterocycles. The van der Waals surface area contributed by atoms with Crippen LogP contribution < -0.4 is 15.6 Å². The smallest absolute Gasteiger partial charge is 0.340 e. The second-order valence-electron chi connectivity index (χ2n) is 13.0. The summed E-state index contributed by atoms with van der Waals surface area (Å²) in [7, 11) is 1.98. The van der Waals surface area contributed by atoms with Gasteiger partial charge in [-0.3, -0.25) is 15.0 Å². The Balaban J connectivity index is 1.24. The molecule has 1 unspecified atom stereocenters. The molecular weight excluding hydrogens is 569 g/mol. The summed E-state index contributed by atoms with van der Waals surface area (Å²) >= 11 is 0. The van der Waals surface area contributed by atoms with Gasteiger partial charge in [-0.1, -0.05) is 25.6 Å². The van der Waals surface area contributed by atoms with Crippen LogP contribution in [-0.2, 0) is 29.5 Å². The number of nitrogens with zero attached hydrogens (tertiary/aromatic N) is 4. The molecule has 3 aliphatic heterocycles. The number of fused-ring (bicyclic) bond motifs is 1. The van der Waals surface area contributed by atoms with Crippen LogP contribution >= 0.6 is 0 Å². The Morgan fingerprint density at radius 3 is 2.68 bits per heavy atom. The number of hydrazone groups is 1. The lowest BCUT2D eigenvalue weighted by molar-refractivity contribution is -0.138. The SMILES string of the molecule is C=CC(=O)N1CC[C@H](CNCc2cc3c(c(C(F)(F)F)c2)CN(c2cccc(C4(C5(C)NN=CN5C)CC(C)C4)c2)C3=O)C1. The first-order valence-electron chi connectivity index (χ1n) is 15.2. The van der Waals surface area contributed by atoms with E-state index in [1.165, 1.54) is 11.0 Å². The summed E-state index contributed by atoms with van der Waals surface area (Å²) in [5.41, 5.74) is 3.89. The Hall–Kier alpha value is -3.86. The predicted molar refractivity (Wildman–Crippen MR) is 163 cm³/mol. The molecular formula is C33H39F3N6O2. The minimum atomic E-state index is -4.60. The number of amides is 2. The monoisotopic (exact) mass is 608 g/mol. The number of anilines is 1. The molecule has 4 aliphatic rings. The van der Waals surface area contributed by atoms with Crippen molar-refractivity contribution in [1.29, 1.82) is 0 Å². The zero-order valence-corrected chi connectivity index (χ0v) is 25.4. The van der Waals surface area contributed by atoms with Crippen LogP contribution in [0.5, 0.6) is 0 Å². The molecule has 1 saturated carbocycles. The van der Waals surface area contributed by atoms with Crippen molar-refractivity contribution in [3.63, 3.8) is 0 Å². The van der Waals surface area contributed by atoms with Gasteiger partial charge in [0, 0.05) is 49.9 Å². The first-order chi connectivity index (χ1) is 20.9. The molecule has 0 bridgehead atoms. The summed E-state index contributed by atoms with van der Waals surface area (Å²) < 4.78 is 43.0. The second-order valence-corrected chi connectivity index (χ2v) is 13.0. The lowest BCUT2D eigenvalue weighted by Gasteiger charge is -2.58. The maximum atomic E-state index is 14.3. The number of alkyl halides is 3. The quantitative estimate of drug-likeness (QED) is 0.419. The van der Waals surface area contributed by atoms with Crippen molar-refractivity contribution in [2.75, 3.05) is 31.6 Å². The number of hydrogen-bond donors (Lipinski definition) is 2. The standard InChI is InChI=1S/C33H39F3N6O2/c1-5-29(43)41-10-9-22(18-41)16-37-17-23-11-26-27(28(12-23)33(34,35)36)19-42(30(26)44)25-8-6-7-24(13-25)32(14-21(2)15-32)31(3)39-38-20-40(31)4/h5-8,11-13,20-22,37,39H,1,9-10,14-19H2,2-4H3/t21?,22-,31?,32?/m1/s1. The molecule has 0 radical (unpaired) electrons. The van der Waals surface area contributed by atoms with E-state index in [0.29, 0.717) is 36.8 Å². The van der Waals surface area contributed by atoms with E-state index in [4.69, 9.17) is 0 Å². The number of nitrogens with one attached hydrogen (secondary N) is 2. The Bertz CT molecular complexity index is 1520. The van der Waals surface area contributed by atoms with Gasteiger partial charge in [0.1, 0.15) is 12.0 Å². The van der Waals surface area contributed by atoms with Crippen molar-refractivity contribution < 1.29 is 22.8 Å². The van der Waals surface area contributed by atoms with Crippen LogP contribution in [0.2, 0.25) is 0 Å². The lowest BCUT2D eigenvalue weighted by atomic mass is 9.53. The van der Waals surface area contributed by atoms with E-state index >= 15 is 0 Å². The highest BCUT2D eigenvalue weighted by atomic mass is 19.4. The van der Waals surface area contributed by atoms with Gasteiger partial charge >= 0.3 is 6.18 Å². The molecule has 11 heteroatoms. The zero-order chi connectivity index (χ0) is 31.4. The first kappa shape index (κ1) is 30.2. The third-order valence-corrected chi connectivity index (χ3v) is 10.2. The highest BCUT2D eigenvalue weighted by molar-refractivity contribution is 6.10. The van der Waals surface area contributed by atoms with Crippen LogP contribution in [0.4, 0.5) is 18.9 Å². The fourth-order valence-corrected chi connectivity index (χ4v) is 7.68. The van der Waals surface area contributed by atoms with E-state index in [0.717, 1.165) is 30.9 Å². The topological polar surface area (TPSA) is 80.3 Å². The minimum absolute atomic E-state index is 0.00978. The first-order valence-corrected chi connectivity index (χ1v) is 15.2. The molecule has 0 spiro atoms. The number of carbonyl (C=O) groups is 2. The van der Waals surface area contributed by atoms with Crippen LogP contribution in [0, 0.1) is 11.8 Å². The highest BCUT2D eigenvalue weighted by Crippen LogP contribution is 2.56. The van der Waals surface area contributed by atoms with Gasteiger partial charge in [0.15, 0.2) is 0 Å². The van der Waals surface area contributed by atoms with E-state index in [9.17, 15) is 22.8 Å². The molecule has 2 atom stereocenters. The fraction of sp³-hybridized carbons (Fsp3) is 0.485. The molecule has 1 aliphatic carbocycles. The molecule has 234 valence electrons. The number of likely N-dealkylation sites (tertiary alicyclic amines) is 1. The van der Waals surface area contributed by atoms with E-state index in [2.05, 4.69) is 41.2 Å². The van der Waals surface area contributed by atoms with Crippen LogP contribution in [0.25, 0.3) is 0 Å². The molecule has 2 fully saturated rings. The van der Waals surface area contributed by atoms with Gasteiger partial charge in [-0.25, -0.2) is 0 Å². The van der Waals surface area contributed by atoms with E-state index in [1.54, 1.807) is 23.4 Å². The number of carbonyl (C=O) groups excluding carboxylic acids is 2. The van der Waals surface area contributed by atoms with E-state index in [1.807, 2.05) is 25.2 Å². The number of halogens is 3. The number of rotatable bonds is 8. The Kier molecular flexibility index (Phi) is 7.50. The van der Waals surface area contributed by atoms with Crippen LogP contribution in [0.15, 0.2) is 54.2 Å². The van der Waals surface area contributed by atoms with Gasteiger partial charge in [0.2, 0.25) is 5.91 Å².